The molecule has 0 bridgehead atoms. The average Bonchev–Trinajstić information content (AvgIpc) is 2.79. The van der Waals surface area contributed by atoms with Crippen LogP contribution >= 0.6 is 12.2 Å². The largest absolute Gasteiger partial charge is 0.310 e. The van der Waals surface area contributed by atoms with E-state index in [9.17, 15) is 4.79 Å². The Morgan fingerprint density at radius 3 is 2.70 bits per heavy atom. The molecule has 2 rings (SSSR count). The molecule has 20 heavy (non-hydrogen) atoms. The zero-order valence-corrected chi connectivity index (χ0v) is 13.1. The summed E-state index contributed by atoms with van der Waals surface area (Å²) in [6.45, 7) is 8.74. The first-order valence-electron chi connectivity index (χ1n) is 6.88. The lowest BCUT2D eigenvalue weighted by atomic mass is 10.1. The number of H-pyrrole nitrogens is 1. The molecule has 5 nitrogen and oxygen atoms in total. The van der Waals surface area contributed by atoms with E-state index >= 15 is 0 Å². The molecular weight excluding hydrogens is 272 g/mol. The summed E-state index contributed by atoms with van der Waals surface area (Å²) in [5.41, 5.74) is 1.54. The Morgan fingerprint density at radius 1 is 1.40 bits per heavy atom. The van der Waals surface area contributed by atoms with E-state index in [0.717, 1.165) is 12.1 Å². The number of aryl methyl sites for hydroxylation is 1. The maximum atomic E-state index is 12.7. The van der Waals surface area contributed by atoms with Gasteiger partial charge in [-0.1, -0.05) is 6.92 Å². The van der Waals surface area contributed by atoms with Gasteiger partial charge in [-0.2, -0.15) is 5.10 Å². The summed E-state index contributed by atoms with van der Waals surface area (Å²) in [6.07, 6.45) is 0.908. The Labute approximate surface area is 123 Å². The Morgan fingerprint density at radius 2 is 2.10 bits per heavy atom. The summed E-state index contributed by atoms with van der Waals surface area (Å²) >= 11 is 5.18. The van der Waals surface area contributed by atoms with E-state index in [0.29, 0.717) is 22.7 Å². The van der Waals surface area contributed by atoms with Gasteiger partial charge >= 0.3 is 0 Å². The van der Waals surface area contributed by atoms with Crippen molar-refractivity contribution < 1.29 is 0 Å². The second-order valence-corrected chi connectivity index (χ2v) is 5.30. The van der Waals surface area contributed by atoms with Crippen molar-refractivity contribution in [3.05, 3.63) is 33.0 Å². The van der Waals surface area contributed by atoms with Crippen molar-refractivity contribution in [2.45, 2.75) is 46.7 Å². The molecule has 1 N–H and O–H groups in total. The predicted octanol–water partition coefficient (Wildman–Crippen LogP) is 3.07. The first-order valence-corrected chi connectivity index (χ1v) is 7.29. The van der Waals surface area contributed by atoms with Crippen molar-refractivity contribution in [2.75, 3.05) is 0 Å². The third kappa shape index (κ3) is 2.35. The minimum atomic E-state index is -0.0111. The van der Waals surface area contributed by atoms with Gasteiger partial charge in [-0.3, -0.25) is 9.89 Å². The molecule has 0 aliphatic rings. The summed E-state index contributed by atoms with van der Waals surface area (Å²) in [4.78, 5) is 12.7. The van der Waals surface area contributed by atoms with E-state index in [1.54, 1.807) is 0 Å². The maximum Gasteiger partial charge on any atom is 0.262 e. The van der Waals surface area contributed by atoms with Gasteiger partial charge in [0.05, 0.1) is 5.56 Å². The number of aromatic amines is 1. The SMILES string of the molecule is CCC(C)n1c(C)ccc(-c2n[nH]c(=S)n2CC)c1=O. The maximum absolute atomic E-state index is 12.7. The van der Waals surface area contributed by atoms with Gasteiger partial charge in [-0.25, -0.2) is 0 Å². The van der Waals surface area contributed by atoms with E-state index in [-0.39, 0.29) is 11.6 Å². The number of rotatable bonds is 4. The fourth-order valence-corrected chi connectivity index (χ4v) is 2.62. The summed E-state index contributed by atoms with van der Waals surface area (Å²) in [5.74, 6) is 0.611. The van der Waals surface area contributed by atoms with Crippen LogP contribution in [0.25, 0.3) is 11.4 Å². The molecule has 108 valence electrons. The van der Waals surface area contributed by atoms with Crippen LogP contribution in [0.2, 0.25) is 0 Å². The first-order chi connectivity index (χ1) is 9.51. The minimum absolute atomic E-state index is 0.0111. The van der Waals surface area contributed by atoms with Gasteiger partial charge in [0, 0.05) is 18.3 Å². The van der Waals surface area contributed by atoms with Crippen LogP contribution in [0.1, 0.15) is 38.9 Å². The van der Waals surface area contributed by atoms with Gasteiger partial charge in [0.15, 0.2) is 10.6 Å². The van der Waals surface area contributed by atoms with Gasteiger partial charge in [-0.15, -0.1) is 0 Å². The zero-order chi connectivity index (χ0) is 14.9. The number of pyridine rings is 1. The van der Waals surface area contributed by atoms with Crippen LogP contribution in [0, 0.1) is 11.7 Å². The molecule has 0 fully saturated rings. The molecular formula is C14H20N4OS. The molecule has 1 atom stereocenters. The van der Waals surface area contributed by atoms with Crippen molar-refractivity contribution in [2.24, 2.45) is 0 Å². The second kappa shape index (κ2) is 5.75. The highest BCUT2D eigenvalue weighted by molar-refractivity contribution is 7.71. The number of hydrogen-bond donors (Lipinski definition) is 1. The van der Waals surface area contributed by atoms with Crippen LogP contribution in [0.15, 0.2) is 16.9 Å². The van der Waals surface area contributed by atoms with Crippen LogP contribution in [0.3, 0.4) is 0 Å². The van der Waals surface area contributed by atoms with Gasteiger partial charge < -0.3 is 9.13 Å². The molecule has 0 aliphatic carbocycles. The van der Waals surface area contributed by atoms with Gasteiger partial charge in [0.2, 0.25) is 0 Å². The summed E-state index contributed by atoms with van der Waals surface area (Å²) in [6, 6.07) is 3.95. The van der Waals surface area contributed by atoms with Crippen molar-refractivity contribution >= 4 is 12.2 Å². The molecule has 6 heteroatoms. The fraction of sp³-hybridized carbons (Fsp3) is 0.500. The predicted molar refractivity (Wildman–Crippen MR) is 82.5 cm³/mol. The highest BCUT2D eigenvalue weighted by Gasteiger charge is 2.16. The van der Waals surface area contributed by atoms with E-state index in [4.69, 9.17) is 12.2 Å². The minimum Gasteiger partial charge on any atom is -0.310 e. The molecule has 0 amide bonds. The van der Waals surface area contributed by atoms with Crippen molar-refractivity contribution in [3.8, 4) is 11.4 Å². The van der Waals surface area contributed by atoms with Crippen LogP contribution < -0.4 is 5.56 Å². The number of nitrogens with zero attached hydrogens (tertiary/aromatic N) is 3. The normalized spacial score (nSPS) is 12.6. The molecule has 0 spiro atoms. The van der Waals surface area contributed by atoms with Gasteiger partial charge in [-0.05, 0) is 51.5 Å². The highest BCUT2D eigenvalue weighted by Crippen LogP contribution is 2.17. The highest BCUT2D eigenvalue weighted by atomic mass is 32.1. The van der Waals surface area contributed by atoms with E-state index < -0.39 is 0 Å². The zero-order valence-electron chi connectivity index (χ0n) is 12.3. The van der Waals surface area contributed by atoms with Crippen LogP contribution in [0.5, 0.6) is 0 Å². The average molecular weight is 292 g/mol. The Kier molecular flexibility index (Phi) is 4.23. The molecule has 2 aromatic rings. The summed E-state index contributed by atoms with van der Waals surface area (Å²) in [7, 11) is 0. The summed E-state index contributed by atoms with van der Waals surface area (Å²) < 4.78 is 4.20. The van der Waals surface area contributed by atoms with Crippen molar-refractivity contribution in [1.29, 1.82) is 0 Å². The van der Waals surface area contributed by atoms with Crippen molar-refractivity contribution in [3.63, 3.8) is 0 Å². The summed E-state index contributed by atoms with van der Waals surface area (Å²) in [5, 5.41) is 6.96. The van der Waals surface area contributed by atoms with Crippen molar-refractivity contribution in [1.82, 2.24) is 19.3 Å². The van der Waals surface area contributed by atoms with Crippen LogP contribution in [0.4, 0.5) is 0 Å². The molecule has 2 aromatic heterocycles. The third-order valence-electron chi connectivity index (χ3n) is 3.67. The van der Waals surface area contributed by atoms with Gasteiger partial charge in [0.25, 0.3) is 5.56 Å². The number of hydrogen-bond acceptors (Lipinski definition) is 3. The van der Waals surface area contributed by atoms with E-state index in [1.165, 1.54) is 0 Å². The topological polar surface area (TPSA) is 55.6 Å². The first kappa shape index (κ1) is 14.7. The number of aromatic nitrogens is 4. The lowest BCUT2D eigenvalue weighted by Crippen LogP contribution is -2.27. The molecule has 0 saturated heterocycles. The molecule has 0 aliphatic heterocycles. The Hall–Kier alpha value is -1.69. The molecule has 0 radical (unpaired) electrons. The molecule has 0 aromatic carbocycles. The van der Waals surface area contributed by atoms with Crippen LogP contribution in [-0.4, -0.2) is 19.3 Å². The Bertz CT molecular complexity index is 726. The van der Waals surface area contributed by atoms with Gasteiger partial charge in [0.1, 0.15) is 0 Å². The lowest BCUT2D eigenvalue weighted by molar-refractivity contribution is 0.503. The molecule has 2 heterocycles. The second-order valence-electron chi connectivity index (χ2n) is 4.92. The Balaban J connectivity index is 2.71. The lowest BCUT2D eigenvalue weighted by Gasteiger charge is -2.17. The molecule has 0 saturated carbocycles. The monoisotopic (exact) mass is 292 g/mol. The standard InChI is InChI=1S/C14H20N4OS/c1-5-9(3)18-10(4)7-8-11(13(18)19)12-15-16-14(20)17(12)6-2/h7-9H,5-6H2,1-4H3,(H,16,20). The smallest absolute Gasteiger partial charge is 0.262 e. The number of nitrogens with one attached hydrogen (secondary N) is 1. The third-order valence-corrected chi connectivity index (χ3v) is 3.98. The van der Waals surface area contributed by atoms with Crippen LogP contribution in [-0.2, 0) is 6.54 Å². The fourth-order valence-electron chi connectivity index (χ4n) is 2.36. The quantitative estimate of drug-likeness (QED) is 0.881. The van der Waals surface area contributed by atoms with E-state index in [1.807, 2.05) is 35.1 Å². The van der Waals surface area contributed by atoms with E-state index in [2.05, 4.69) is 24.0 Å². The molecule has 1 unspecified atom stereocenters.